The van der Waals surface area contributed by atoms with Crippen molar-refractivity contribution in [2.24, 2.45) is 0 Å². The fraction of sp³-hybridized carbons (Fsp3) is 0.333. The number of rotatable bonds is 7. The normalized spacial score (nSPS) is 13.0. The maximum absolute atomic E-state index is 11.5. The molecule has 5 heteroatoms. The molecular weight excluding hydrogens is 332 g/mol. The summed E-state index contributed by atoms with van der Waals surface area (Å²) in [5.74, 6) is 0. The van der Waals surface area contributed by atoms with Crippen LogP contribution in [0.5, 0.6) is 0 Å². The molecule has 23 heavy (non-hydrogen) atoms. The summed E-state index contributed by atoms with van der Waals surface area (Å²) in [6.45, 7) is 2.07. The fourth-order valence-electron chi connectivity index (χ4n) is 2.40. The molecule has 3 nitrogen and oxygen atoms in total. The molecule has 1 unspecified atom stereocenters. The topological polar surface area (TPSA) is 43.4 Å². The first-order valence-electron chi connectivity index (χ1n) is 7.63. The van der Waals surface area contributed by atoms with Gasteiger partial charge in [-0.05, 0) is 35.2 Å². The number of halogens is 1. The summed E-state index contributed by atoms with van der Waals surface area (Å²) in [5.41, 5.74) is 3.00. The summed E-state index contributed by atoms with van der Waals surface area (Å²) < 4.78 is 28.2. The third kappa shape index (κ3) is 5.65. The van der Waals surface area contributed by atoms with E-state index in [0.29, 0.717) is 11.4 Å². The minimum absolute atomic E-state index is 0.427. The Hall–Kier alpha value is -1.36. The molecule has 0 aromatic heterocycles. The molecule has 2 rings (SSSR count). The minimum Gasteiger partial charge on any atom is -0.262 e. The van der Waals surface area contributed by atoms with E-state index >= 15 is 0 Å². The summed E-state index contributed by atoms with van der Waals surface area (Å²) in [5, 5.41) is 0.701. The Kier molecular flexibility index (Phi) is 6.22. The lowest BCUT2D eigenvalue weighted by Gasteiger charge is -2.17. The van der Waals surface area contributed by atoms with Gasteiger partial charge in [-0.15, -0.1) is 0 Å². The largest absolute Gasteiger partial charge is 0.264 e. The summed E-state index contributed by atoms with van der Waals surface area (Å²) >= 11 is 5.90. The maximum atomic E-state index is 11.5. The molecule has 0 saturated carbocycles. The van der Waals surface area contributed by atoms with Gasteiger partial charge in [-0.25, -0.2) is 0 Å². The Morgan fingerprint density at radius 3 is 2.00 bits per heavy atom. The van der Waals surface area contributed by atoms with Gasteiger partial charge in [-0.2, -0.15) is 8.42 Å². The van der Waals surface area contributed by atoms with Crippen LogP contribution in [0.3, 0.4) is 0 Å². The summed E-state index contributed by atoms with van der Waals surface area (Å²) in [7, 11) is -3.48. The quantitative estimate of drug-likeness (QED) is 0.642. The standard InChI is InChI=1S/C18H21ClO3S/c1-3-4-5-18(22-23(2,20)21)16-8-6-14(7-9-16)15-10-12-17(19)13-11-15/h6-13,18H,3-5H2,1-2H3. The van der Waals surface area contributed by atoms with Crippen molar-refractivity contribution < 1.29 is 12.6 Å². The van der Waals surface area contributed by atoms with E-state index in [1.165, 1.54) is 0 Å². The zero-order valence-corrected chi connectivity index (χ0v) is 14.9. The predicted molar refractivity (Wildman–Crippen MR) is 95.1 cm³/mol. The van der Waals surface area contributed by atoms with Crippen LogP contribution in [0.15, 0.2) is 48.5 Å². The van der Waals surface area contributed by atoms with Gasteiger partial charge in [0.2, 0.25) is 0 Å². The average Bonchev–Trinajstić information content (AvgIpc) is 2.51. The molecule has 124 valence electrons. The van der Waals surface area contributed by atoms with Crippen molar-refractivity contribution in [2.45, 2.75) is 32.3 Å². The van der Waals surface area contributed by atoms with E-state index in [9.17, 15) is 8.42 Å². The molecule has 0 aliphatic heterocycles. The zero-order valence-electron chi connectivity index (χ0n) is 13.3. The SMILES string of the molecule is CCCCC(OS(C)(=O)=O)c1ccc(-c2ccc(Cl)cc2)cc1. The highest BCUT2D eigenvalue weighted by atomic mass is 35.5. The Morgan fingerprint density at radius 2 is 1.52 bits per heavy atom. The molecule has 0 aliphatic carbocycles. The van der Waals surface area contributed by atoms with Gasteiger partial charge in [0.1, 0.15) is 6.10 Å². The van der Waals surface area contributed by atoms with Crippen LogP contribution in [-0.4, -0.2) is 14.7 Å². The second-order valence-corrected chi connectivity index (χ2v) is 7.60. The molecule has 0 N–H and O–H groups in total. The van der Waals surface area contributed by atoms with Crippen LogP contribution in [0.1, 0.15) is 37.9 Å². The molecule has 0 amide bonds. The van der Waals surface area contributed by atoms with Crippen LogP contribution >= 0.6 is 11.6 Å². The van der Waals surface area contributed by atoms with Gasteiger partial charge in [0, 0.05) is 5.02 Å². The third-order valence-corrected chi connectivity index (χ3v) is 4.40. The summed E-state index contributed by atoms with van der Waals surface area (Å²) in [6.07, 6.45) is 3.26. The summed E-state index contributed by atoms with van der Waals surface area (Å²) in [4.78, 5) is 0. The van der Waals surface area contributed by atoms with Gasteiger partial charge < -0.3 is 0 Å². The maximum Gasteiger partial charge on any atom is 0.264 e. The van der Waals surface area contributed by atoms with Gasteiger partial charge in [0.15, 0.2) is 0 Å². The van der Waals surface area contributed by atoms with Crippen LogP contribution < -0.4 is 0 Å². The molecule has 1 atom stereocenters. The lowest BCUT2D eigenvalue weighted by Crippen LogP contribution is -2.10. The van der Waals surface area contributed by atoms with Crippen molar-refractivity contribution in [3.05, 3.63) is 59.1 Å². The van der Waals surface area contributed by atoms with Gasteiger partial charge >= 0.3 is 0 Å². The highest BCUT2D eigenvalue weighted by Crippen LogP contribution is 2.28. The van der Waals surface area contributed by atoms with E-state index in [0.717, 1.165) is 35.8 Å². The molecular formula is C18H21ClO3S. The molecule has 0 saturated heterocycles. The van der Waals surface area contributed by atoms with Crippen molar-refractivity contribution in [1.29, 1.82) is 0 Å². The molecule has 0 fully saturated rings. The Labute approximate surface area is 143 Å². The van der Waals surface area contributed by atoms with Crippen molar-refractivity contribution in [3.63, 3.8) is 0 Å². The Bertz CT molecular complexity index is 722. The van der Waals surface area contributed by atoms with E-state index < -0.39 is 16.2 Å². The van der Waals surface area contributed by atoms with Crippen LogP contribution in [0.25, 0.3) is 11.1 Å². The fourth-order valence-corrected chi connectivity index (χ4v) is 3.16. The monoisotopic (exact) mass is 352 g/mol. The van der Waals surface area contributed by atoms with Crippen molar-refractivity contribution in [3.8, 4) is 11.1 Å². The molecule has 0 bridgehead atoms. The van der Waals surface area contributed by atoms with E-state index in [-0.39, 0.29) is 0 Å². The smallest absolute Gasteiger partial charge is 0.262 e. The first kappa shape index (κ1) is 18.0. The minimum atomic E-state index is -3.48. The predicted octanol–water partition coefficient (Wildman–Crippen LogP) is 5.21. The van der Waals surface area contributed by atoms with E-state index in [1.54, 1.807) is 0 Å². The molecule has 0 spiro atoms. The lowest BCUT2D eigenvalue weighted by atomic mass is 9.99. The molecule has 0 aliphatic rings. The number of unbranched alkanes of at least 4 members (excludes halogenated alkanes) is 1. The molecule has 2 aromatic rings. The van der Waals surface area contributed by atoms with Crippen molar-refractivity contribution in [1.82, 2.24) is 0 Å². The zero-order chi connectivity index (χ0) is 16.9. The second kappa shape index (κ2) is 7.95. The first-order chi connectivity index (χ1) is 10.9. The molecule has 0 radical (unpaired) electrons. The molecule has 2 aromatic carbocycles. The van der Waals surface area contributed by atoms with E-state index in [2.05, 4.69) is 6.92 Å². The van der Waals surface area contributed by atoms with Crippen LogP contribution in [0.4, 0.5) is 0 Å². The number of hydrogen-bond acceptors (Lipinski definition) is 3. The van der Waals surface area contributed by atoms with E-state index in [1.807, 2.05) is 48.5 Å². The average molecular weight is 353 g/mol. The number of hydrogen-bond donors (Lipinski definition) is 0. The lowest BCUT2D eigenvalue weighted by molar-refractivity contribution is 0.201. The summed E-state index contributed by atoms with van der Waals surface area (Å²) in [6, 6.07) is 15.4. The van der Waals surface area contributed by atoms with Crippen LogP contribution in [0, 0.1) is 0 Å². The Morgan fingerprint density at radius 1 is 1.00 bits per heavy atom. The second-order valence-electron chi connectivity index (χ2n) is 5.56. The van der Waals surface area contributed by atoms with E-state index in [4.69, 9.17) is 15.8 Å². The molecule has 0 heterocycles. The first-order valence-corrected chi connectivity index (χ1v) is 9.82. The van der Waals surface area contributed by atoms with Gasteiger partial charge in [0.25, 0.3) is 10.1 Å². The van der Waals surface area contributed by atoms with Gasteiger partial charge in [0.05, 0.1) is 6.26 Å². The van der Waals surface area contributed by atoms with Crippen LogP contribution in [-0.2, 0) is 14.3 Å². The highest BCUT2D eigenvalue weighted by Gasteiger charge is 2.17. The van der Waals surface area contributed by atoms with Crippen LogP contribution in [0.2, 0.25) is 5.02 Å². The van der Waals surface area contributed by atoms with Crippen molar-refractivity contribution in [2.75, 3.05) is 6.26 Å². The third-order valence-electron chi connectivity index (χ3n) is 3.57. The highest BCUT2D eigenvalue weighted by molar-refractivity contribution is 7.86. The number of benzene rings is 2. The van der Waals surface area contributed by atoms with Crippen molar-refractivity contribution >= 4 is 21.7 Å². The Balaban J connectivity index is 2.22. The van der Waals surface area contributed by atoms with Gasteiger partial charge in [-0.3, -0.25) is 4.18 Å². The van der Waals surface area contributed by atoms with Gasteiger partial charge in [-0.1, -0.05) is 67.8 Å².